The molecule has 0 N–H and O–H groups in total. The van der Waals surface area contributed by atoms with Crippen LogP contribution < -0.4 is 4.90 Å². The molecule has 0 saturated carbocycles. The second kappa shape index (κ2) is 11.7. The van der Waals surface area contributed by atoms with Gasteiger partial charge in [-0.05, 0) is 120 Å². The Morgan fingerprint density at radius 1 is 0.346 bits per heavy atom. The van der Waals surface area contributed by atoms with E-state index in [4.69, 9.17) is 0 Å². The van der Waals surface area contributed by atoms with Crippen LogP contribution in [0.5, 0.6) is 0 Å². The molecule has 0 bridgehead atoms. The van der Waals surface area contributed by atoms with Crippen molar-refractivity contribution in [3.63, 3.8) is 0 Å². The van der Waals surface area contributed by atoms with Crippen LogP contribution in [0, 0.1) is 0 Å². The average Bonchev–Trinajstić information content (AvgIpc) is 3.41. The van der Waals surface area contributed by atoms with Crippen LogP contribution in [0.3, 0.4) is 0 Å². The van der Waals surface area contributed by atoms with E-state index < -0.39 is 0 Å². The van der Waals surface area contributed by atoms with E-state index in [2.05, 4.69) is 210 Å². The molecule has 9 rings (SSSR count). The summed E-state index contributed by atoms with van der Waals surface area (Å²) in [7, 11) is 0. The number of nitrogens with zero attached hydrogens (tertiary/aromatic N) is 1. The molecule has 52 heavy (non-hydrogen) atoms. The largest absolute Gasteiger partial charge is 0.310 e. The lowest BCUT2D eigenvalue weighted by Gasteiger charge is -2.48. The van der Waals surface area contributed by atoms with E-state index in [0.717, 1.165) is 5.69 Å². The Labute approximate surface area is 309 Å². The van der Waals surface area contributed by atoms with E-state index in [1.165, 1.54) is 78.1 Å². The SMILES string of the molecule is CC1(C)c2ccccc2-c2cccc(N(c3ccccc3)c3ccc4c(c3)C(C)(C)C(C)(C)c3ccc(-c5cccc(-c6ccccc6)c5)cc3-4)c21. The minimum Gasteiger partial charge on any atom is -0.310 e. The molecule has 7 aromatic carbocycles. The predicted molar refractivity (Wildman–Crippen MR) is 221 cm³/mol. The number of anilines is 3. The Hall–Kier alpha value is -5.66. The van der Waals surface area contributed by atoms with Crippen LogP contribution in [0.1, 0.15) is 63.8 Å². The van der Waals surface area contributed by atoms with Gasteiger partial charge in [-0.3, -0.25) is 0 Å². The maximum Gasteiger partial charge on any atom is 0.0508 e. The molecule has 7 aromatic rings. The summed E-state index contributed by atoms with van der Waals surface area (Å²) in [5.41, 5.74) is 19.0. The quantitative estimate of drug-likeness (QED) is 0.176. The van der Waals surface area contributed by atoms with Gasteiger partial charge in [0.15, 0.2) is 0 Å². The van der Waals surface area contributed by atoms with Crippen LogP contribution in [0.25, 0.3) is 44.5 Å². The van der Waals surface area contributed by atoms with Gasteiger partial charge in [0.1, 0.15) is 0 Å². The lowest BCUT2D eigenvalue weighted by atomic mass is 9.55. The minimum absolute atomic E-state index is 0.104. The van der Waals surface area contributed by atoms with E-state index in [-0.39, 0.29) is 16.2 Å². The molecule has 0 aromatic heterocycles. The van der Waals surface area contributed by atoms with Crippen molar-refractivity contribution >= 4 is 17.1 Å². The zero-order chi connectivity index (χ0) is 35.8. The summed E-state index contributed by atoms with van der Waals surface area (Å²) in [4.78, 5) is 2.50. The topological polar surface area (TPSA) is 3.24 Å². The van der Waals surface area contributed by atoms with Crippen molar-refractivity contribution in [2.45, 2.75) is 57.8 Å². The first-order valence-corrected chi connectivity index (χ1v) is 18.6. The van der Waals surface area contributed by atoms with E-state index >= 15 is 0 Å². The summed E-state index contributed by atoms with van der Waals surface area (Å²) in [5, 5.41) is 0. The lowest BCUT2D eigenvalue weighted by Crippen LogP contribution is -2.43. The standard InChI is InChI=1S/C51H45N/c1-49(2)44-25-14-13-23-40(44)42-24-16-26-47(48(42)49)52(38-21-11-8-12-22-38)39-28-29-41-43-32-37(27-30-45(43)50(3,4)51(5,6)46(41)33-39)36-20-15-19-35(31-36)34-17-9-7-10-18-34/h7-33H,1-6H3. The van der Waals surface area contributed by atoms with Crippen molar-refractivity contribution in [1.82, 2.24) is 0 Å². The van der Waals surface area contributed by atoms with E-state index in [1.807, 2.05) is 0 Å². The molecule has 1 nitrogen and oxygen atoms in total. The van der Waals surface area contributed by atoms with Gasteiger partial charge >= 0.3 is 0 Å². The lowest BCUT2D eigenvalue weighted by molar-refractivity contribution is 0.299. The molecule has 2 aliphatic rings. The molecule has 0 unspecified atom stereocenters. The smallest absolute Gasteiger partial charge is 0.0508 e. The van der Waals surface area contributed by atoms with Crippen LogP contribution in [-0.4, -0.2) is 0 Å². The molecule has 0 saturated heterocycles. The van der Waals surface area contributed by atoms with Crippen LogP contribution in [-0.2, 0) is 16.2 Å². The minimum atomic E-state index is -0.141. The summed E-state index contributed by atoms with van der Waals surface area (Å²) >= 11 is 0. The first kappa shape index (κ1) is 32.3. The Morgan fingerprint density at radius 3 is 1.69 bits per heavy atom. The number of hydrogen-bond acceptors (Lipinski definition) is 1. The highest BCUT2D eigenvalue weighted by molar-refractivity contribution is 5.92. The fourth-order valence-corrected chi connectivity index (χ4v) is 9.11. The van der Waals surface area contributed by atoms with Gasteiger partial charge in [0, 0.05) is 16.8 Å². The molecule has 1 heteroatoms. The van der Waals surface area contributed by atoms with E-state index in [1.54, 1.807) is 0 Å². The second-order valence-electron chi connectivity index (χ2n) is 16.2. The second-order valence-corrected chi connectivity index (χ2v) is 16.2. The fourth-order valence-electron chi connectivity index (χ4n) is 9.11. The summed E-state index contributed by atoms with van der Waals surface area (Å²) < 4.78 is 0. The molecule has 0 spiro atoms. The van der Waals surface area contributed by atoms with Crippen LogP contribution >= 0.6 is 0 Å². The van der Waals surface area contributed by atoms with E-state index in [9.17, 15) is 0 Å². The van der Waals surface area contributed by atoms with Crippen LogP contribution in [0.2, 0.25) is 0 Å². The monoisotopic (exact) mass is 671 g/mol. The van der Waals surface area contributed by atoms with E-state index in [0.29, 0.717) is 0 Å². The van der Waals surface area contributed by atoms with Gasteiger partial charge in [-0.15, -0.1) is 0 Å². The van der Waals surface area contributed by atoms with Gasteiger partial charge in [0.2, 0.25) is 0 Å². The Kier molecular flexibility index (Phi) is 7.25. The summed E-state index contributed by atoms with van der Waals surface area (Å²) in [6.07, 6.45) is 0. The summed E-state index contributed by atoms with van der Waals surface area (Å²) in [6.45, 7) is 14.5. The third-order valence-electron chi connectivity index (χ3n) is 12.6. The Bertz CT molecular complexity index is 2480. The highest BCUT2D eigenvalue weighted by atomic mass is 15.1. The first-order valence-electron chi connectivity index (χ1n) is 18.6. The summed E-state index contributed by atoms with van der Waals surface area (Å²) in [5.74, 6) is 0. The normalized spacial score (nSPS) is 15.6. The number of para-hydroxylation sites is 1. The molecule has 0 heterocycles. The van der Waals surface area contributed by atoms with Gasteiger partial charge in [0.05, 0.1) is 5.69 Å². The zero-order valence-corrected chi connectivity index (χ0v) is 31.0. The number of hydrogen-bond donors (Lipinski definition) is 0. The average molecular weight is 672 g/mol. The molecule has 254 valence electrons. The highest BCUT2D eigenvalue weighted by Gasteiger charge is 2.46. The Morgan fingerprint density at radius 2 is 0.923 bits per heavy atom. The van der Waals surface area contributed by atoms with Gasteiger partial charge < -0.3 is 4.90 Å². The molecular weight excluding hydrogens is 627 g/mol. The molecule has 0 amide bonds. The molecule has 2 aliphatic carbocycles. The first-order chi connectivity index (χ1) is 25.1. The fraction of sp³-hybridized carbons (Fsp3) is 0.176. The Balaban J connectivity index is 1.22. The number of benzene rings is 7. The van der Waals surface area contributed by atoms with Crippen molar-refractivity contribution < 1.29 is 0 Å². The van der Waals surface area contributed by atoms with Gasteiger partial charge in [-0.2, -0.15) is 0 Å². The summed E-state index contributed by atoms with van der Waals surface area (Å²) in [6, 6.07) is 60.7. The maximum absolute atomic E-state index is 2.50. The third-order valence-corrected chi connectivity index (χ3v) is 12.6. The van der Waals surface area contributed by atoms with Crippen LogP contribution in [0.15, 0.2) is 164 Å². The van der Waals surface area contributed by atoms with Crippen molar-refractivity contribution in [1.29, 1.82) is 0 Å². The zero-order valence-electron chi connectivity index (χ0n) is 31.0. The van der Waals surface area contributed by atoms with Crippen molar-refractivity contribution in [3.8, 4) is 44.5 Å². The van der Waals surface area contributed by atoms with Gasteiger partial charge in [0.25, 0.3) is 0 Å². The van der Waals surface area contributed by atoms with Crippen molar-refractivity contribution in [2.24, 2.45) is 0 Å². The van der Waals surface area contributed by atoms with Crippen molar-refractivity contribution in [2.75, 3.05) is 4.90 Å². The number of fused-ring (bicyclic) bond motifs is 6. The van der Waals surface area contributed by atoms with Gasteiger partial charge in [-0.25, -0.2) is 0 Å². The number of rotatable bonds is 5. The van der Waals surface area contributed by atoms with Gasteiger partial charge in [-0.1, -0.05) is 163 Å². The molecule has 0 aliphatic heterocycles. The maximum atomic E-state index is 2.50. The molecule has 0 atom stereocenters. The molecule has 0 radical (unpaired) electrons. The third kappa shape index (κ3) is 4.76. The van der Waals surface area contributed by atoms with Crippen molar-refractivity contribution in [3.05, 3.63) is 186 Å². The highest BCUT2D eigenvalue weighted by Crippen LogP contribution is 2.57. The molecule has 0 fully saturated rings. The van der Waals surface area contributed by atoms with Crippen LogP contribution in [0.4, 0.5) is 17.1 Å². The predicted octanol–water partition coefficient (Wildman–Crippen LogP) is 14.0. The molecular formula is C51H45N.